The van der Waals surface area contributed by atoms with E-state index >= 15 is 0 Å². The molecule has 198 valence electrons. The Bertz CT molecular complexity index is 1280. The molecular weight excluding hydrogens is 482 g/mol. The first-order valence-electron chi connectivity index (χ1n) is 12.7. The molecular formula is C30H33N3O5. The number of aromatic nitrogens is 1. The van der Waals surface area contributed by atoms with Crippen molar-refractivity contribution in [1.29, 1.82) is 0 Å². The maximum atomic E-state index is 13.7. The van der Waals surface area contributed by atoms with Gasteiger partial charge in [-0.15, -0.1) is 0 Å². The van der Waals surface area contributed by atoms with Crippen LogP contribution >= 0.6 is 0 Å². The summed E-state index contributed by atoms with van der Waals surface area (Å²) in [4.78, 5) is 45.6. The molecule has 0 aliphatic carbocycles. The molecule has 2 amide bonds. The number of likely N-dealkylation sites (tertiary alicyclic amines) is 1. The van der Waals surface area contributed by atoms with Crippen LogP contribution in [0.15, 0.2) is 72.8 Å². The van der Waals surface area contributed by atoms with E-state index < -0.39 is 30.1 Å². The van der Waals surface area contributed by atoms with E-state index in [1.54, 1.807) is 11.0 Å². The SMILES string of the molecule is CC(C)(C)OC(=O)N1CCC(N(CC(=O)O)C(=O)c2ccc(-c3ccccc3)c(-c3ccccc3)n2)CC1. The van der Waals surface area contributed by atoms with Gasteiger partial charge in [-0.25, -0.2) is 9.78 Å². The van der Waals surface area contributed by atoms with Crippen molar-refractivity contribution in [2.24, 2.45) is 0 Å². The van der Waals surface area contributed by atoms with Crippen LogP contribution in [0.4, 0.5) is 4.79 Å². The molecule has 0 atom stereocenters. The second-order valence-electron chi connectivity index (χ2n) is 10.4. The van der Waals surface area contributed by atoms with Crippen molar-refractivity contribution >= 4 is 18.0 Å². The van der Waals surface area contributed by atoms with Gasteiger partial charge in [0.15, 0.2) is 0 Å². The van der Waals surface area contributed by atoms with Gasteiger partial charge in [-0.3, -0.25) is 9.59 Å². The third kappa shape index (κ3) is 6.56. The number of nitrogens with zero attached hydrogens (tertiary/aromatic N) is 3. The average molecular weight is 516 g/mol. The van der Waals surface area contributed by atoms with Crippen molar-refractivity contribution < 1.29 is 24.2 Å². The molecule has 0 bridgehead atoms. The van der Waals surface area contributed by atoms with Crippen LogP contribution in [0, 0.1) is 0 Å². The minimum atomic E-state index is -1.10. The lowest BCUT2D eigenvalue weighted by Gasteiger charge is -2.38. The van der Waals surface area contributed by atoms with Crippen molar-refractivity contribution in [3.63, 3.8) is 0 Å². The number of carboxylic acids is 1. The Labute approximate surface area is 222 Å². The maximum Gasteiger partial charge on any atom is 0.410 e. The molecule has 1 aromatic heterocycles. The van der Waals surface area contributed by atoms with Crippen LogP contribution < -0.4 is 0 Å². The van der Waals surface area contributed by atoms with Gasteiger partial charge in [-0.1, -0.05) is 60.7 Å². The first-order valence-corrected chi connectivity index (χ1v) is 12.7. The summed E-state index contributed by atoms with van der Waals surface area (Å²) in [6, 6.07) is 22.6. The summed E-state index contributed by atoms with van der Waals surface area (Å²) in [6.07, 6.45) is 0.496. The van der Waals surface area contributed by atoms with E-state index in [1.807, 2.05) is 87.5 Å². The number of pyridine rings is 1. The van der Waals surface area contributed by atoms with E-state index in [1.165, 1.54) is 4.90 Å². The Morgan fingerprint density at radius 2 is 1.50 bits per heavy atom. The van der Waals surface area contributed by atoms with Gasteiger partial charge in [0.2, 0.25) is 0 Å². The first kappa shape index (κ1) is 26.9. The number of carbonyl (C=O) groups is 3. The molecule has 1 aliphatic rings. The van der Waals surface area contributed by atoms with Gasteiger partial charge in [-0.05, 0) is 51.3 Å². The normalized spacial score (nSPS) is 14.1. The fourth-order valence-electron chi connectivity index (χ4n) is 4.59. The van der Waals surface area contributed by atoms with E-state index in [9.17, 15) is 19.5 Å². The fourth-order valence-corrected chi connectivity index (χ4v) is 4.59. The van der Waals surface area contributed by atoms with E-state index in [2.05, 4.69) is 0 Å². The molecule has 4 rings (SSSR count). The Kier molecular flexibility index (Phi) is 8.10. The Morgan fingerprint density at radius 3 is 2.05 bits per heavy atom. The Hall–Kier alpha value is -4.20. The van der Waals surface area contributed by atoms with E-state index in [0.29, 0.717) is 31.6 Å². The highest BCUT2D eigenvalue weighted by Gasteiger charge is 2.33. The topological polar surface area (TPSA) is 100 Å². The number of aliphatic carboxylic acids is 1. The average Bonchev–Trinajstić information content (AvgIpc) is 2.91. The van der Waals surface area contributed by atoms with Crippen LogP contribution in [0.2, 0.25) is 0 Å². The molecule has 1 saturated heterocycles. The van der Waals surface area contributed by atoms with E-state index in [4.69, 9.17) is 9.72 Å². The molecule has 2 heterocycles. The minimum absolute atomic E-state index is 0.180. The lowest BCUT2D eigenvalue weighted by molar-refractivity contribution is -0.138. The zero-order valence-corrected chi connectivity index (χ0v) is 22.0. The largest absolute Gasteiger partial charge is 0.480 e. The molecule has 0 unspecified atom stereocenters. The highest BCUT2D eigenvalue weighted by molar-refractivity contribution is 5.96. The summed E-state index contributed by atoms with van der Waals surface area (Å²) in [6.45, 7) is 5.73. The van der Waals surface area contributed by atoms with Crippen molar-refractivity contribution in [3.8, 4) is 22.4 Å². The standard InChI is InChI=1S/C30H33N3O5/c1-30(2,3)38-29(37)32-18-16-23(17-19-32)33(20-26(34)35)28(36)25-15-14-24(21-10-6-4-7-11-21)27(31-25)22-12-8-5-9-13-22/h4-15,23H,16-20H2,1-3H3,(H,34,35). The molecule has 2 aromatic carbocycles. The zero-order chi connectivity index (χ0) is 27.3. The molecule has 3 aromatic rings. The highest BCUT2D eigenvalue weighted by atomic mass is 16.6. The maximum absolute atomic E-state index is 13.7. The monoisotopic (exact) mass is 515 g/mol. The van der Waals surface area contributed by atoms with Crippen molar-refractivity contribution in [3.05, 3.63) is 78.5 Å². The molecule has 0 radical (unpaired) electrons. The van der Waals surface area contributed by atoms with Gasteiger partial charge < -0.3 is 19.6 Å². The summed E-state index contributed by atoms with van der Waals surface area (Å²) in [7, 11) is 0. The Morgan fingerprint density at radius 1 is 0.921 bits per heavy atom. The van der Waals surface area contributed by atoms with Crippen molar-refractivity contribution in [2.45, 2.75) is 45.3 Å². The third-order valence-electron chi connectivity index (χ3n) is 6.37. The van der Waals surface area contributed by atoms with Gasteiger partial charge in [-0.2, -0.15) is 0 Å². The smallest absolute Gasteiger partial charge is 0.410 e. The second-order valence-corrected chi connectivity index (χ2v) is 10.4. The van der Waals surface area contributed by atoms with Crippen LogP contribution in [0.25, 0.3) is 22.4 Å². The molecule has 0 spiro atoms. The molecule has 8 heteroatoms. The molecule has 0 saturated carbocycles. The quantitative estimate of drug-likeness (QED) is 0.476. The summed E-state index contributed by atoms with van der Waals surface area (Å²) in [5, 5.41) is 9.60. The first-order chi connectivity index (χ1) is 18.1. The summed E-state index contributed by atoms with van der Waals surface area (Å²) in [5.41, 5.74) is 2.93. The number of benzene rings is 2. The predicted octanol–water partition coefficient (Wildman–Crippen LogP) is 5.34. The van der Waals surface area contributed by atoms with E-state index in [0.717, 1.165) is 16.7 Å². The lowest BCUT2D eigenvalue weighted by Crippen LogP contribution is -2.51. The minimum Gasteiger partial charge on any atom is -0.480 e. The lowest BCUT2D eigenvalue weighted by atomic mass is 9.98. The van der Waals surface area contributed by atoms with Gasteiger partial charge in [0, 0.05) is 30.3 Å². The van der Waals surface area contributed by atoms with Gasteiger partial charge >= 0.3 is 12.1 Å². The number of hydrogen-bond donors (Lipinski definition) is 1. The third-order valence-corrected chi connectivity index (χ3v) is 6.37. The highest BCUT2D eigenvalue weighted by Crippen LogP contribution is 2.31. The number of ether oxygens (including phenoxy) is 1. The van der Waals surface area contributed by atoms with Crippen molar-refractivity contribution in [2.75, 3.05) is 19.6 Å². The number of piperidine rings is 1. The number of carboxylic acid groups (broad SMARTS) is 1. The molecule has 1 aliphatic heterocycles. The predicted molar refractivity (Wildman–Crippen MR) is 145 cm³/mol. The van der Waals surface area contributed by atoms with Gasteiger partial charge in [0.1, 0.15) is 17.8 Å². The van der Waals surface area contributed by atoms with E-state index in [-0.39, 0.29) is 11.7 Å². The molecule has 1 N–H and O–H groups in total. The number of rotatable bonds is 6. The number of carbonyl (C=O) groups excluding carboxylic acids is 2. The van der Waals surface area contributed by atoms with Crippen LogP contribution in [-0.4, -0.2) is 69.1 Å². The van der Waals surface area contributed by atoms with Crippen LogP contribution in [0.1, 0.15) is 44.1 Å². The summed E-state index contributed by atoms with van der Waals surface area (Å²) in [5.74, 6) is -1.54. The molecule has 8 nitrogen and oxygen atoms in total. The summed E-state index contributed by atoms with van der Waals surface area (Å²) >= 11 is 0. The van der Waals surface area contributed by atoms with Crippen LogP contribution in [-0.2, 0) is 9.53 Å². The Balaban J connectivity index is 1.61. The van der Waals surface area contributed by atoms with Gasteiger partial charge in [0.05, 0.1) is 5.69 Å². The zero-order valence-electron chi connectivity index (χ0n) is 22.0. The second kappa shape index (κ2) is 11.5. The number of amides is 2. The van der Waals surface area contributed by atoms with Gasteiger partial charge in [0.25, 0.3) is 5.91 Å². The summed E-state index contributed by atoms with van der Waals surface area (Å²) < 4.78 is 5.46. The van der Waals surface area contributed by atoms with Crippen LogP contribution in [0.5, 0.6) is 0 Å². The fraction of sp³-hybridized carbons (Fsp3) is 0.333. The van der Waals surface area contributed by atoms with Crippen LogP contribution in [0.3, 0.4) is 0 Å². The molecule has 38 heavy (non-hydrogen) atoms. The number of hydrogen-bond acceptors (Lipinski definition) is 5. The molecule has 1 fully saturated rings. The van der Waals surface area contributed by atoms with Crippen molar-refractivity contribution in [1.82, 2.24) is 14.8 Å².